The van der Waals surface area contributed by atoms with E-state index in [4.69, 9.17) is 9.29 Å². The van der Waals surface area contributed by atoms with Crippen molar-refractivity contribution in [2.45, 2.75) is 25.3 Å². The van der Waals surface area contributed by atoms with Gasteiger partial charge in [0, 0.05) is 6.04 Å². The fourth-order valence-electron chi connectivity index (χ4n) is 2.55. The molecule has 0 amide bonds. The molecule has 1 unspecified atom stereocenters. The average molecular weight is 285 g/mol. The third-order valence-corrected chi connectivity index (χ3v) is 4.22. The molecule has 19 heavy (non-hydrogen) atoms. The molecule has 2 N–H and O–H groups in total. The predicted octanol–water partition coefficient (Wildman–Crippen LogP) is 1.55. The topological polar surface area (TPSA) is 75.6 Å². The first-order chi connectivity index (χ1) is 9.01. The van der Waals surface area contributed by atoms with Crippen molar-refractivity contribution in [1.82, 2.24) is 5.32 Å². The van der Waals surface area contributed by atoms with E-state index < -0.39 is 10.1 Å². The summed E-state index contributed by atoms with van der Waals surface area (Å²) in [4.78, 5) is 0. The molecule has 106 valence electrons. The second-order valence-electron chi connectivity index (χ2n) is 4.71. The second kappa shape index (κ2) is 5.90. The Labute approximate surface area is 113 Å². The molecule has 0 bridgehead atoms. The number of hydrogen-bond donors (Lipinski definition) is 2. The molecule has 2 rings (SSSR count). The van der Waals surface area contributed by atoms with Gasteiger partial charge < -0.3 is 10.1 Å². The van der Waals surface area contributed by atoms with Gasteiger partial charge in [-0.3, -0.25) is 4.55 Å². The first-order valence-corrected chi connectivity index (χ1v) is 7.96. The molecule has 1 aliphatic carbocycles. The van der Waals surface area contributed by atoms with Crippen molar-refractivity contribution in [3.8, 4) is 5.75 Å². The van der Waals surface area contributed by atoms with Crippen LogP contribution >= 0.6 is 0 Å². The van der Waals surface area contributed by atoms with Crippen LogP contribution in [0.5, 0.6) is 5.75 Å². The van der Waals surface area contributed by atoms with Gasteiger partial charge in [0.2, 0.25) is 0 Å². The van der Waals surface area contributed by atoms with Gasteiger partial charge in [0.05, 0.1) is 12.9 Å². The summed E-state index contributed by atoms with van der Waals surface area (Å²) >= 11 is 0. The van der Waals surface area contributed by atoms with Crippen molar-refractivity contribution in [3.05, 3.63) is 29.3 Å². The highest BCUT2D eigenvalue weighted by Gasteiger charge is 2.24. The number of hydrogen-bond acceptors (Lipinski definition) is 4. The third kappa shape index (κ3) is 3.68. The number of nitrogens with one attached hydrogen (secondary N) is 1. The molecule has 6 heteroatoms. The number of benzene rings is 1. The number of fused-ring (bicyclic) bond motifs is 1. The summed E-state index contributed by atoms with van der Waals surface area (Å²) in [6, 6.07) is 6.24. The van der Waals surface area contributed by atoms with E-state index in [9.17, 15) is 8.42 Å². The van der Waals surface area contributed by atoms with Crippen LogP contribution in [0.15, 0.2) is 18.2 Å². The minimum absolute atomic E-state index is 0.197. The van der Waals surface area contributed by atoms with Crippen LogP contribution in [0.4, 0.5) is 0 Å². The lowest BCUT2D eigenvalue weighted by Gasteiger charge is -2.14. The lowest BCUT2D eigenvalue weighted by molar-refractivity contribution is 0.410. The van der Waals surface area contributed by atoms with Crippen LogP contribution in [0.1, 0.15) is 30.0 Å². The smallest absolute Gasteiger partial charge is 0.264 e. The van der Waals surface area contributed by atoms with Gasteiger partial charge in [0.15, 0.2) is 0 Å². The maximum Gasteiger partial charge on any atom is 0.264 e. The van der Waals surface area contributed by atoms with Gasteiger partial charge in [-0.25, -0.2) is 0 Å². The summed E-state index contributed by atoms with van der Waals surface area (Å²) in [6.07, 6.45) is 2.37. The van der Waals surface area contributed by atoms with E-state index in [1.54, 1.807) is 7.11 Å². The van der Waals surface area contributed by atoms with E-state index in [2.05, 4.69) is 11.4 Å². The third-order valence-electron chi connectivity index (χ3n) is 3.42. The second-order valence-corrected chi connectivity index (χ2v) is 6.29. The van der Waals surface area contributed by atoms with Gasteiger partial charge in [0.1, 0.15) is 5.75 Å². The SMILES string of the molecule is COc1cccc2c1CCC2NCCCS(=O)(=O)O. The van der Waals surface area contributed by atoms with Crippen LogP contribution in [0.25, 0.3) is 0 Å². The van der Waals surface area contributed by atoms with Crippen LogP contribution in [-0.2, 0) is 16.5 Å². The Hall–Kier alpha value is -1.11. The van der Waals surface area contributed by atoms with E-state index in [1.807, 2.05) is 12.1 Å². The summed E-state index contributed by atoms with van der Waals surface area (Å²) in [7, 11) is -2.18. The maximum absolute atomic E-state index is 10.6. The van der Waals surface area contributed by atoms with Crippen LogP contribution in [-0.4, -0.2) is 32.4 Å². The number of rotatable bonds is 6. The van der Waals surface area contributed by atoms with Crippen molar-refractivity contribution in [1.29, 1.82) is 0 Å². The van der Waals surface area contributed by atoms with Crippen LogP contribution in [0.3, 0.4) is 0 Å². The molecule has 0 aliphatic heterocycles. The summed E-state index contributed by atoms with van der Waals surface area (Å²) in [5.41, 5.74) is 2.46. The normalized spacial score (nSPS) is 18.3. The van der Waals surface area contributed by atoms with E-state index in [0.717, 1.165) is 18.6 Å². The quantitative estimate of drug-likeness (QED) is 0.612. The van der Waals surface area contributed by atoms with Crippen LogP contribution < -0.4 is 10.1 Å². The highest BCUT2D eigenvalue weighted by molar-refractivity contribution is 7.85. The van der Waals surface area contributed by atoms with E-state index in [-0.39, 0.29) is 11.8 Å². The fraction of sp³-hybridized carbons (Fsp3) is 0.538. The molecule has 0 saturated heterocycles. The summed E-state index contributed by atoms with van der Waals surface area (Å²) < 4.78 is 35.2. The van der Waals surface area contributed by atoms with Crippen LogP contribution in [0.2, 0.25) is 0 Å². The largest absolute Gasteiger partial charge is 0.496 e. The molecule has 5 nitrogen and oxygen atoms in total. The lowest BCUT2D eigenvalue weighted by Crippen LogP contribution is -2.22. The number of ether oxygens (including phenoxy) is 1. The molecule has 1 atom stereocenters. The highest BCUT2D eigenvalue weighted by Crippen LogP contribution is 2.36. The van der Waals surface area contributed by atoms with E-state index in [0.29, 0.717) is 13.0 Å². The van der Waals surface area contributed by atoms with Gasteiger partial charge in [-0.1, -0.05) is 12.1 Å². The molecule has 0 spiro atoms. The minimum atomic E-state index is -3.85. The Kier molecular flexibility index (Phi) is 4.44. The zero-order valence-corrected chi connectivity index (χ0v) is 11.7. The van der Waals surface area contributed by atoms with Crippen LogP contribution in [0, 0.1) is 0 Å². The van der Waals surface area contributed by atoms with E-state index in [1.165, 1.54) is 11.1 Å². The van der Waals surface area contributed by atoms with Gasteiger partial charge >= 0.3 is 0 Å². The summed E-state index contributed by atoms with van der Waals surface area (Å²) in [5, 5.41) is 3.33. The standard InChI is InChI=1S/C13H19NO4S/c1-18-13-5-2-4-10-11(13)6-7-12(10)14-8-3-9-19(15,16)17/h2,4-5,12,14H,3,6-9H2,1H3,(H,15,16,17). The Morgan fingerprint density at radius 1 is 1.47 bits per heavy atom. The molecule has 0 fully saturated rings. The molecular weight excluding hydrogens is 266 g/mol. The molecule has 1 aromatic carbocycles. The zero-order chi connectivity index (χ0) is 13.9. The molecule has 0 radical (unpaired) electrons. The zero-order valence-electron chi connectivity index (χ0n) is 10.9. The number of methoxy groups -OCH3 is 1. The first-order valence-electron chi connectivity index (χ1n) is 6.35. The van der Waals surface area contributed by atoms with Gasteiger partial charge in [0.25, 0.3) is 10.1 Å². The van der Waals surface area contributed by atoms with Gasteiger partial charge in [-0.2, -0.15) is 8.42 Å². The van der Waals surface area contributed by atoms with Crippen molar-refractivity contribution in [3.63, 3.8) is 0 Å². The van der Waals surface area contributed by atoms with Gasteiger partial charge in [-0.15, -0.1) is 0 Å². The van der Waals surface area contributed by atoms with Crippen molar-refractivity contribution in [2.24, 2.45) is 0 Å². The Balaban J connectivity index is 1.92. The predicted molar refractivity (Wildman–Crippen MR) is 73.1 cm³/mol. The average Bonchev–Trinajstić information content (AvgIpc) is 2.76. The van der Waals surface area contributed by atoms with Crippen molar-refractivity contribution >= 4 is 10.1 Å². The Bertz CT molecular complexity index is 542. The molecule has 1 aliphatic rings. The summed E-state index contributed by atoms with van der Waals surface area (Å²) in [5.74, 6) is 0.720. The Morgan fingerprint density at radius 3 is 2.95 bits per heavy atom. The van der Waals surface area contributed by atoms with Crippen molar-refractivity contribution in [2.75, 3.05) is 19.4 Å². The lowest BCUT2D eigenvalue weighted by atomic mass is 10.1. The maximum atomic E-state index is 10.6. The molecule has 0 heterocycles. The molecule has 0 saturated carbocycles. The fourth-order valence-corrected chi connectivity index (χ4v) is 3.06. The molecule has 1 aromatic rings. The monoisotopic (exact) mass is 285 g/mol. The summed E-state index contributed by atoms with van der Waals surface area (Å²) in [6.45, 7) is 0.571. The van der Waals surface area contributed by atoms with Crippen molar-refractivity contribution < 1.29 is 17.7 Å². The van der Waals surface area contributed by atoms with E-state index >= 15 is 0 Å². The molecular formula is C13H19NO4S. The Morgan fingerprint density at radius 2 is 2.26 bits per heavy atom. The first kappa shape index (κ1) is 14.3. The highest BCUT2D eigenvalue weighted by atomic mass is 32.2. The molecule has 0 aromatic heterocycles. The minimum Gasteiger partial charge on any atom is -0.496 e. The van der Waals surface area contributed by atoms with Gasteiger partial charge in [-0.05, 0) is 43.0 Å².